The van der Waals surface area contributed by atoms with Crippen molar-refractivity contribution in [3.05, 3.63) is 42.1 Å². The zero-order valence-corrected chi connectivity index (χ0v) is 10.6. The average molecular weight is 228 g/mol. The second-order valence-corrected chi connectivity index (χ2v) is 4.49. The van der Waals surface area contributed by atoms with Gasteiger partial charge in [0.2, 0.25) is 0 Å². The molecule has 90 valence electrons. The van der Waals surface area contributed by atoms with Crippen LogP contribution in [0.1, 0.15) is 25.8 Å². The van der Waals surface area contributed by atoms with Gasteiger partial charge in [0, 0.05) is 17.6 Å². The highest BCUT2D eigenvalue weighted by molar-refractivity contribution is 5.81. The van der Waals surface area contributed by atoms with E-state index >= 15 is 0 Å². The second kappa shape index (κ2) is 5.78. The minimum absolute atomic E-state index is 0.568. The van der Waals surface area contributed by atoms with Gasteiger partial charge in [-0.25, -0.2) is 0 Å². The standard InChI is InChI=1S/C15H20N2/c1-3-16-12(2)9-10-14-7-4-6-13-8-5-11-17-15(13)14/h4-8,11-12,16H,3,9-10H2,1-2H3. The van der Waals surface area contributed by atoms with Crippen LogP contribution in [0, 0.1) is 0 Å². The number of para-hydroxylation sites is 1. The van der Waals surface area contributed by atoms with Gasteiger partial charge < -0.3 is 5.32 Å². The summed E-state index contributed by atoms with van der Waals surface area (Å²) in [6.45, 7) is 5.42. The molecule has 0 spiro atoms. The third-order valence-corrected chi connectivity index (χ3v) is 3.12. The predicted octanol–water partition coefficient (Wildman–Crippen LogP) is 3.17. The molecule has 0 saturated carbocycles. The van der Waals surface area contributed by atoms with Gasteiger partial charge in [0.05, 0.1) is 5.52 Å². The number of nitrogens with one attached hydrogen (secondary N) is 1. The van der Waals surface area contributed by atoms with Crippen LogP contribution >= 0.6 is 0 Å². The van der Waals surface area contributed by atoms with E-state index in [4.69, 9.17) is 0 Å². The molecule has 1 N–H and O–H groups in total. The van der Waals surface area contributed by atoms with Crippen LogP contribution in [-0.2, 0) is 6.42 Å². The van der Waals surface area contributed by atoms with Crippen LogP contribution in [0.25, 0.3) is 10.9 Å². The van der Waals surface area contributed by atoms with Crippen molar-refractivity contribution in [1.82, 2.24) is 10.3 Å². The summed E-state index contributed by atoms with van der Waals surface area (Å²) in [7, 11) is 0. The molecule has 0 aliphatic heterocycles. The van der Waals surface area contributed by atoms with Crippen LogP contribution in [0.15, 0.2) is 36.5 Å². The maximum atomic E-state index is 4.48. The van der Waals surface area contributed by atoms with Crippen molar-refractivity contribution >= 4 is 10.9 Å². The van der Waals surface area contributed by atoms with E-state index in [1.165, 1.54) is 10.9 Å². The summed E-state index contributed by atoms with van der Waals surface area (Å²) in [5, 5.41) is 4.68. The molecule has 2 rings (SSSR count). The lowest BCUT2D eigenvalue weighted by molar-refractivity contribution is 0.531. The molecule has 2 nitrogen and oxygen atoms in total. The molecule has 1 heterocycles. The van der Waals surface area contributed by atoms with Crippen LogP contribution in [0.5, 0.6) is 0 Å². The van der Waals surface area contributed by atoms with Crippen LogP contribution < -0.4 is 5.32 Å². The Morgan fingerprint density at radius 2 is 2.06 bits per heavy atom. The number of fused-ring (bicyclic) bond motifs is 1. The highest BCUT2D eigenvalue weighted by atomic mass is 14.9. The third kappa shape index (κ3) is 3.04. The van der Waals surface area contributed by atoms with E-state index in [1.54, 1.807) is 0 Å². The van der Waals surface area contributed by atoms with Gasteiger partial charge in [-0.05, 0) is 37.9 Å². The van der Waals surface area contributed by atoms with E-state index in [2.05, 4.69) is 48.4 Å². The Kier molecular flexibility index (Phi) is 4.10. The first-order valence-electron chi connectivity index (χ1n) is 6.37. The van der Waals surface area contributed by atoms with Gasteiger partial charge in [-0.2, -0.15) is 0 Å². The van der Waals surface area contributed by atoms with E-state index in [1.807, 2.05) is 12.3 Å². The van der Waals surface area contributed by atoms with Crippen molar-refractivity contribution < 1.29 is 0 Å². The van der Waals surface area contributed by atoms with Gasteiger partial charge in [0.25, 0.3) is 0 Å². The van der Waals surface area contributed by atoms with Crippen LogP contribution in [-0.4, -0.2) is 17.6 Å². The van der Waals surface area contributed by atoms with Gasteiger partial charge in [0.1, 0.15) is 0 Å². The van der Waals surface area contributed by atoms with Crippen LogP contribution in [0.2, 0.25) is 0 Å². The fraction of sp³-hybridized carbons (Fsp3) is 0.400. The second-order valence-electron chi connectivity index (χ2n) is 4.49. The molecule has 2 heteroatoms. The van der Waals surface area contributed by atoms with E-state index in [0.717, 1.165) is 24.9 Å². The third-order valence-electron chi connectivity index (χ3n) is 3.12. The van der Waals surface area contributed by atoms with Crippen molar-refractivity contribution in [2.45, 2.75) is 32.7 Å². The maximum Gasteiger partial charge on any atom is 0.0733 e. The van der Waals surface area contributed by atoms with Crippen molar-refractivity contribution in [2.75, 3.05) is 6.54 Å². The normalized spacial score (nSPS) is 12.8. The first-order chi connectivity index (χ1) is 8.31. The van der Waals surface area contributed by atoms with Crippen molar-refractivity contribution in [2.24, 2.45) is 0 Å². The Hall–Kier alpha value is -1.41. The quantitative estimate of drug-likeness (QED) is 0.850. The van der Waals surface area contributed by atoms with Gasteiger partial charge in [0.15, 0.2) is 0 Å². The minimum Gasteiger partial charge on any atom is -0.315 e. The average Bonchev–Trinajstić information content (AvgIpc) is 2.36. The lowest BCUT2D eigenvalue weighted by atomic mass is 10.0. The monoisotopic (exact) mass is 228 g/mol. The smallest absolute Gasteiger partial charge is 0.0733 e. The van der Waals surface area contributed by atoms with Gasteiger partial charge in [-0.1, -0.05) is 31.2 Å². The lowest BCUT2D eigenvalue weighted by Crippen LogP contribution is -2.25. The topological polar surface area (TPSA) is 24.9 Å². The maximum absolute atomic E-state index is 4.48. The molecule has 2 aromatic rings. The van der Waals surface area contributed by atoms with E-state index in [9.17, 15) is 0 Å². The zero-order valence-electron chi connectivity index (χ0n) is 10.6. The van der Waals surface area contributed by atoms with Crippen molar-refractivity contribution in [3.8, 4) is 0 Å². The number of benzene rings is 1. The van der Waals surface area contributed by atoms with E-state index in [-0.39, 0.29) is 0 Å². The summed E-state index contributed by atoms with van der Waals surface area (Å²) in [6, 6.07) is 11.1. The van der Waals surface area contributed by atoms with Gasteiger partial charge in [-0.15, -0.1) is 0 Å². The fourth-order valence-corrected chi connectivity index (χ4v) is 2.19. The summed E-state index contributed by atoms with van der Waals surface area (Å²) in [6.07, 6.45) is 4.12. The summed E-state index contributed by atoms with van der Waals surface area (Å²) in [4.78, 5) is 4.48. The molecule has 0 amide bonds. The Labute approximate surface area is 103 Å². The number of hydrogen-bond donors (Lipinski definition) is 1. The van der Waals surface area contributed by atoms with E-state index in [0.29, 0.717) is 6.04 Å². The molecule has 0 fully saturated rings. The lowest BCUT2D eigenvalue weighted by Gasteiger charge is -2.12. The molecule has 0 aliphatic carbocycles. The Morgan fingerprint density at radius 1 is 1.24 bits per heavy atom. The predicted molar refractivity (Wildman–Crippen MR) is 73.2 cm³/mol. The number of hydrogen-bond acceptors (Lipinski definition) is 2. The minimum atomic E-state index is 0.568. The van der Waals surface area contributed by atoms with Gasteiger partial charge in [-0.3, -0.25) is 4.98 Å². The molecule has 17 heavy (non-hydrogen) atoms. The Bertz CT molecular complexity index is 474. The molecule has 1 aromatic carbocycles. The number of nitrogens with zero attached hydrogens (tertiary/aromatic N) is 1. The van der Waals surface area contributed by atoms with Crippen LogP contribution in [0.4, 0.5) is 0 Å². The summed E-state index contributed by atoms with van der Waals surface area (Å²) < 4.78 is 0. The first kappa shape index (κ1) is 12.1. The molecular weight excluding hydrogens is 208 g/mol. The van der Waals surface area contributed by atoms with Crippen molar-refractivity contribution in [3.63, 3.8) is 0 Å². The molecule has 0 saturated heterocycles. The van der Waals surface area contributed by atoms with Crippen molar-refractivity contribution in [1.29, 1.82) is 0 Å². The highest BCUT2D eigenvalue weighted by Crippen LogP contribution is 2.17. The first-order valence-corrected chi connectivity index (χ1v) is 6.37. The Morgan fingerprint density at radius 3 is 2.88 bits per heavy atom. The largest absolute Gasteiger partial charge is 0.315 e. The molecule has 0 aliphatic rings. The number of aromatic nitrogens is 1. The zero-order chi connectivity index (χ0) is 12.1. The summed E-state index contributed by atoms with van der Waals surface area (Å²) >= 11 is 0. The number of aryl methyl sites for hydroxylation is 1. The number of rotatable bonds is 5. The number of pyridine rings is 1. The molecule has 1 atom stereocenters. The summed E-state index contributed by atoms with van der Waals surface area (Å²) in [5.41, 5.74) is 2.51. The van der Waals surface area contributed by atoms with E-state index < -0.39 is 0 Å². The Balaban J connectivity index is 2.13. The SMILES string of the molecule is CCNC(C)CCc1cccc2cccnc12. The van der Waals surface area contributed by atoms with Gasteiger partial charge >= 0.3 is 0 Å². The summed E-state index contributed by atoms with van der Waals surface area (Å²) in [5.74, 6) is 0. The molecular formula is C15H20N2. The highest BCUT2D eigenvalue weighted by Gasteiger charge is 2.04. The molecule has 0 bridgehead atoms. The van der Waals surface area contributed by atoms with Crippen LogP contribution in [0.3, 0.4) is 0 Å². The molecule has 0 radical (unpaired) electrons. The fourth-order valence-electron chi connectivity index (χ4n) is 2.19. The molecule has 1 unspecified atom stereocenters. The molecule has 1 aromatic heterocycles.